The maximum absolute atomic E-state index is 12.9. The van der Waals surface area contributed by atoms with Crippen LogP contribution in [0.15, 0.2) is 24.3 Å². The van der Waals surface area contributed by atoms with Crippen LogP contribution in [0.1, 0.15) is 47.7 Å². The van der Waals surface area contributed by atoms with Crippen molar-refractivity contribution in [3.63, 3.8) is 0 Å². The van der Waals surface area contributed by atoms with Gasteiger partial charge in [0, 0.05) is 22.8 Å². The number of nitrogens with one attached hydrogen (secondary N) is 1. The lowest BCUT2D eigenvalue weighted by molar-refractivity contribution is -0.144. The SMILES string of the molecule is Cc1nc2nc(C(F)(F)F)nn2c(C)c1CCC(=O)NC(C)c1cccc(Cl)c1. The van der Waals surface area contributed by atoms with Gasteiger partial charge in [-0.15, -0.1) is 5.10 Å². The summed E-state index contributed by atoms with van der Waals surface area (Å²) in [6, 6.07) is 6.98. The minimum absolute atomic E-state index is 0.116. The van der Waals surface area contributed by atoms with Crippen molar-refractivity contribution >= 4 is 23.3 Å². The number of carbonyl (C=O) groups excluding carboxylic acids is 1. The first-order valence-corrected chi connectivity index (χ1v) is 9.29. The molecule has 0 radical (unpaired) electrons. The van der Waals surface area contributed by atoms with E-state index in [1.54, 1.807) is 32.0 Å². The molecule has 0 fully saturated rings. The van der Waals surface area contributed by atoms with Crippen LogP contribution in [-0.4, -0.2) is 25.5 Å². The fraction of sp³-hybridized carbons (Fsp3) is 0.368. The van der Waals surface area contributed by atoms with Gasteiger partial charge in [0.15, 0.2) is 0 Å². The van der Waals surface area contributed by atoms with E-state index in [9.17, 15) is 18.0 Å². The fourth-order valence-electron chi connectivity index (χ4n) is 3.10. The standard InChI is InChI=1S/C19H19ClF3N5O/c1-10(13-5-4-6-14(20)9-13)24-16(29)8-7-15-11(2)25-18-26-17(19(21,22)23)27-28(18)12(15)3/h4-6,9-10H,7-8H2,1-3H3,(H,24,29). The molecule has 3 aromatic rings. The largest absolute Gasteiger partial charge is 0.453 e. The maximum Gasteiger partial charge on any atom is 0.453 e. The molecule has 1 N–H and O–H groups in total. The van der Waals surface area contributed by atoms with E-state index in [0.29, 0.717) is 28.4 Å². The van der Waals surface area contributed by atoms with Gasteiger partial charge < -0.3 is 5.32 Å². The van der Waals surface area contributed by atoms with Crippen LogP contribution in [-0.2, 0) is 17.4 Å². The molecular weight excluding hydrogens is 407 g/mol. The number of fused-ring (bicyclic) bond motifs is 1. The Morgan fingerprint density at radius 3 is 2.66 bits per heavy atom. The number of halogens is 4. The first kappa shape index (κ1) is 21.0. The third-order valence-corrected chi connectivity index (χ3v) is 4.87. The van der Waals surface area contributed by atoms with Gasteiger partial charge in [0.05, 0.1) is 6.04 Å². The van der Waals surface area contributed by atoms with E-state index in [-0.39, 0.29) is 24.1 Å². The minimum atomic E-state index is -4.65. The zero-order chi connectivity index (χ0) is 21.3. The Balaban J connectivity index is 1.73. The van der Waals surface area contributed by atoms with Crippen LogP contribution in [0.2, 0.25) is 5.02 Å². The minimum Gasteiger partial charge on any atom is -0.350 e. The molecule has 2 aromatic heterocycles. The number of amides is 1. The van der Waals surface area contributed by atoms with E-state index in [2.05, 4.69) is 20.4 Å². The molecule has 1 unspecified atom stereocenters. The van der Waals surface area contributed by atoms with Crippen molar-refractivity contribution in [2.45, 2.75) is 45.8 Å². The van der Waals surface area contributed by atoms with Gasteiger partial charge in [-0.3, -0.25) is 4.79 Å². The maximum atomic E-state index is 12.9. The van der Waals surface area contributed by atoms with Gasteiger partial charge in [-0.1, -0.05) is 23.7 Å². The summed E-state index contributed by atoms with van der Waals surface area (Å²) in [6.07, 6.45) is -4.18. The summed E-state index contributed by atoms with van der Waals surface area (Å²) in [5.41, 5.74) is 2.54. The zero-order valence-electron chi connectivity index (χ0n) is 16.0. The van der Waals surface area contributed by atoms with E-state index >= 15 is 0 Å². The van der Waals surface area contributed by atoms with Crippen LogP contribution in [0.5, 0.6) is 0 Å². The van der Waals surface area contributed by atoms with Crippen LogP contribution in [0.25, 0.3) is 5.78 Å². The molecule has 6 nitrogen and oxygen atoms in total. The van der Waals surface area contributed by atoms with Gasteiger partial charge in [0.1, 0.15) is 0 Å². The molecule has 1 atom stereocenters. The molecular formula is C19H19ClF3N5O. The molecule has 0 aliphatic rings. The number of benzene rings is 1. The van der Waals surface area contributed by atoms with E-state index in [0.717, 1.165) is 10.1 Å². The van der Waals surface area contributed by atoms with Gasteiger partial charge in [-0.05, 0) is 50.5 Å². The summed E-state index contributed by atoms with van der Waals surface area (Å²) in [4.78, 5) is 19.9. The Morgan fingerprint density at radius 1 is 1.28 bits per heavy atom. The van der Waals surface area contributed by atoms with Crippen molar-refractivity contribution in [2.24, 2.45) is 0 Å². The van der Waals surface area contributed by atoms with Crippen molar-refractivity contribution < 1.29 is 18.0 Å². The number of hydrogen-bond acceptors (Lipinski definition) is 4. The van der Waals surface area contributed by atoms with Gasteiger partial charge in [-0.2, -0.15) is 18.2 Å². The molecule has 3 rings (SSSR count). The number of hydrogen-bond donors (Lipinski definition) is 1. The van der Waals surface area contributed by atoms with Crippen LogP contribution < -0.4 is 5.32 Å². The lowest BCUT2D eigenvalue weighted by Crippen LogP contribution is -2.27. The van der Waals surface area contributed by atoms with Crippen molar-refractivity contribution in [1.29, 1.82) is 0 Å². The van der Waals surface area contributed by atoms with Gasteiger partial charge in [-0.25, -0.2) is 9.50 Å². The third-order valence-electron chi connectivity index (χ3n) is 4.63. The predicted molar refractivity (Wildman–Crippen MR) is 102 cm³/mol. The quantitative estimate of drug-likeness (QED) is 0.664. The Bertz CT molecular complexity index is 1060. The number of alkyl halides is 3. The molecule has 2 heterocycles. The second kappa shape index (κ2) is 7.98. The first-order valence-electron chi connectivity index (χ1n) is 8.91. The summed E-state index contributed by atoms with van der Waals surface area (Å²) < 4.78 is 39.7. The summed E-state index contributed by atoms with van der Waals surface area (Å²) in [5.74, 6) is -1.54. The van der Waals surface area contributed by atoms with E-state index in [4.69, 9.17) is 11.6 Å². The highest BCUT2D eigenvalue weighted by atomic mass is 35.5. The molecule has 0 saturated heterocycles. The predicted octanol–water partition coefficient (Wildman–Crippen LogP) is 4.22. The molecule has 0 aliphatic carbocycles. The van der Waals surface area contributed by atoms with Crippen molar-refractivity contribution in [1.82, 2.24) is 24.9 Å². The normalized spacial score (nSPS) is 12.9. The first-order chi connectivity index (χ1) is 13.6. The molecule has 29 heavy (non-hydrogen) atoms. The average molecular weight is 426 g/mol. The number of nitrogens with zero attached hydrogens (tertiary/aromatic N) is 4. The molecule has 10 heteroatoms. The highest BCUT2D eigenvalue weighted by Crippen LogP contribution is 2.27. The summed E-state index contributed by atoms with van der Waals surface area (Å²) >= 11 is 5.98. The van der Waals surface area contributed by atoms with E-state index in [1.807, 2.05) is 13.0 Å². The van der Waals surface area contributed by atoms with Gasteiger partial charge in [0.2, 0.25) is 5.91 Å². The Kier molecular flexibility index (Phi) is 5.79. The molecule has 0 aliphatic heterocycles. The smallest absolute Gasteiger partial charge is 0.350 e. The van der Waals surface area contributed by atoms with Crippen molar-refractivity contribution in [3.8, 4) is 0 Å². The van der Waals surface area contributed by atoms with E-state index < -0.39 is 12.0 Å². The highest BCUT2D eigenvalue weighted by Gasteiger charge is 2.37. The van der Waals surface area contributed by atoms with Gasteiger partial charge >= 0.3 is 6.18 Å². The van der Waals surface area contributed by atoms with Crippen molar-refractivity contribution in [2.75, 3.05) is 0 Å². The number of rotatable bonds is 5. The summed E-state index contributed by atoms with van der Waals surface area (Å²) in [5, 5.41) is 6.99. The van der Waals surface area contributed by atoms with Crippen LogP contribution >= 0.6 is 11.6 Å². The van der Waals surface area contributed by atoms with Crippen LogP contribution in [0, 0.1) is 13.8 Å². The Morgan fingerprint density at radius 2 is 2.00 bits per heavy atom. The molecule has 154 valence electrons. The number of aromatic nitrogens is 4. The molecule has 0 saturated carbocycles. The molecule has 0 spiro atoms. The Labute approximate surface area is 170 Å². The lowest BCUT2D eigenvalue weighted by Gasteiger charge is -2.15. The van der Waals surface area contributed by atoms with Gasteiger partial charge in [0.25, 0.3) is 11.6 Å². The molecule has 1 amide bonds. The molecule has 0 bridgehead atoms. The number of aryl methyl sites for hydroxylation is 2. The van der Waals surface area contributed by atoms with Crippen LogP contribution in [0.3, 0.4) is 0 Å². The van der Waals surface area contributed by atoms with Crippen molar-refractivity contribution in [3.05, 3.63) is 57.6 Å². The monoisotopic (exact) mass is 425 g/mol. The van der Waals surface area contributed by atoms with E-state index in [1.165, 1.54) is 0 Å². The molecule has 1 aromatic carbocycles. The topological polar surface area (TPSA) is 72.2 Å². The summed E-state index contributed by atoms with van der Waals surface area (Å²) in [7, 11) is 0. The average Bonchev–Trinajstić information content (AvgIpc) is 3.06. The van der Waals surface area contributed by atoms with Crippen LogP contribution in [0.4, 0.5) is 13.2 Å². The third kappa shape index (κ3) is 4.67. The second-order valence-electron chi connectivity index (χ2n) is 6.75. The summed E-state index contributed by atoms with van der Waals surface area (Å²) in [6.45, 7) is 5.16. The Hall–Kier alpha value is -2.68. The fourth-order valence-corrected chi connectivity index (χ4v) is 3.30. The second-order valence-corrected chi connectivity index (χ2v) is 7.19. The lowest BCUT2D eigenvalue weighted by atomic mass is 10.1. The zero-order valence-corrected chi connectivity index (χ0v) is 16.8. The highest BCUT2D eigenvalue weighted by molar-refractivity contribution is 6.30. The number of carbonyl (C=O) groups is 1.